The molecule has 0 aliphatic rings. The van der Waals surface area contributed by atoms with E-state index in [1.807, 2.05) is 54.6 Å². The van der Waals surface area contributed by atoms with Gasteiger partial charge in [0.2, 0.25) is 5.91 Å². The number of nitrogens with one attached hydrogen (secondary N) is 3. The fourth-order valence-electron chi connectivity index (χ4n) is 2.85. The fourth-order valence-corrected chi connectivity index (χ4v) is 2.85. The summed E-state index contributed by atoms with van der Waals surface area (Å²) in [7, 11) is 0. The summed E-state index contributed by atoms with van der Waals surface area (Å²) >= 11 is 0. The number of hydrogen-bond acceptors (Lipinski definition) is 4. The van der Waals surface area contributed by atoms with E-state index in [9.17, 15) is 14.7 Å². The summed E-state index contributed by atoms with van der Waals surface area (Å²) in [6, 6.07) is 15.6. The summed E-state index contributed by atoms with van der Waals surface area (Å²) in [4.78, 5) is 23.8. The molecule has 2 aromatic rings. The Bertz CT molecular complexity index is 824. The molecule has 2 rings (SSSR count). The first-order valence-corrected chi connectivity index (χ1v) is 9.38. The predicted molar refractivity (Wildman–Crippen MR) is 112 cm³/mol. The summed E-state index contributed by atoms with van der Waals surface area (Å²) in [6.07, 6.45) is 1.05. The molecular weight excluding hydrogens is 370 g/mol. The molecule has 0 heterocycles. The maximum Gasteiger partial charge on any atom is 0.326 e. The van der Waals surface area contributed by atoms with Crippen LogP contribution < -0.4 is 22.1 Å². The van der Waals surface area contributed by atoms with Crippen molar-refractivity contribution >= 4 is 17.8 Å². The Morgan fingerprint density at radius 2 is 1.66 bits per heavy atom. The Labute approximate surface area is 169 Å². The number of carboxylic acids is 1. The first-order valence-electron chi connectivity index (χ1n) is 9.38. The van der Waals surface area contributed by atoms with E-state index in [2.05, 4.69) is 10.6 Å². The maximum absolute atomic E-state index is 12.2. The summed E-state index contributed by atoms with van der Waals surface area (Å²) in [5.74, 6) is -1.77. The van der Waals surface area contributed by atoms with Crippen LogP contribution in [0.25, 0.3) is 11.1 Å². The van der Waals surface area contributed by atoms with Crippen molar-refractivity contribution in [1.82, 2.24) is 10.6 Å². The molecule has 8 heteroatoms. The highest BCUT2D eigenvalue weighted by molar-refractivity contribution is 5.87. The van der Waals surface area contributed by atoms with Gasteiger partial charge in [-0.1, -0.05) is 54.6 Å². The van der Waals surface area contributed by atoms with E-state index in [1.165, 1.54) is 0 Å². The number of aliphatic carboxylic acids is 1. The zero-order valence-electron chi connectivity index (χ0n) is 16.1. The topological polar surface area (TPSA) is 154 Å². The van der Waals surface area contributed by atoms with Gasteiger partial charge in [-0.15, -0.1) is 0 Å². The minimum atomic E-state index is -1.11. The van der Waals surface area contributed by atoms with Crippen LogP contribution in [0.4, 0.5) is 0 Å². The van der Waals surface area contributed by atoms with Gasteiger partial charge < -0.3 is 27.2 Å². The van der Waals surface area contributed by atoms with Crippen LogP contribution in [0, 0.1) is 5.41 Å². The molecule has 2 aromatic carbocycles. The highest BCUT2D eigenvalue weighted by Crippen LogP contribution is 2.19. The van der Waals surface area contributed by atoms with Crippen molar-refractivity contribution in [3.05, 3.63) is 60.2 Å². The van der Waals surface area contributed by atoms with Gasteiger partial charge in [-0.2, -0.15) is 0 Å². The monoisotopic (exact) mass is 397 g/mol. The fraction of sp³-hybridized carbons (Fsp3) is 0.286. The lowest BCUT2D eigenvalue weighted by molar-refractivity contribution is -0.142. The smallest absolute Gasteiger partial charge is 0.326 e. The number of amides is 1. The van der Waals surface area contributed by atoms with Crippen LogP contribution in [-0.2, 0) is 16.0 Å². The Balaban J connectivity index is 1.91. The van der Waals surface area contributed by atoms with Crippen LogP contribution in [-0.4, -0.2) is 41.6 Å². The van der Waals surface area contributed by atoms with Crippen LogP contribution in [0.3, 0.4) is 0 Å². The summed E-state index contributed by atoms with van der Waals surface area (Å²) in [5, 5.41) is 21.7. The van der Waals surface area contributed by atoms with E-state index in [-0.39, 0.29) is 12.4 Å². The molecule has 1 amide bonds. The molecular formula is C21H27N5O3. The Morgan fingerprint density at radius 1 is 1.03 bits per heavy atom. The summed E-state index contributed by atoms with van der Waals surface area (Å²) in [6.45, 7) is 0.423. The van der Waals surface area contributed by atoms with Crippen molar-refractivity contribution in [3.8, 4) is 11.1 Å². The number of guanidine groups is 1. The second kappa shape index (κ2) is 10.8. The van der Waals surface area contributed by atoms with Gasteiger partial charge in [0.25, 0.3) is 0 Å². The molecule has 0 unspecified atom stereocenters. The van der Waals surface area contributed by atoms with Gasteiger partial charge >= 0.3 is 5.97 Å². The number of hydrogen-bond donors (Lipinski definition) is 6. The molecule has 0 spiro atoms. The molecule has 8 N–H and O–H groups in total. The minimum Gasteiger partial charge on any atom is -0.480 e. The summed E-state index contributed by atoms with van der Waals surface area (Å²) in [5.41, 5.74) is 13.9. The number of carbonyl (C=O) groups excluding carboxylic acids is 1. The van der Waals surface area contributed by atoms with Gasteiger partial charge in [-0.25, -0.2) is 4.79 Å². The Hall–Kier alpha value is -3.39. The van der Waals surface area contributed by atoms with E-state index in [4.69, 9.17) is 16.9 Å². The van der Waals surface area contributed by atoms with Crippen LogP contribution in [0.1, 0.15) is 18.4 Å². The number of carbonyl (C=O) groups is 2. The predicted octanol–water partition coefficient (Wildman–Crippen LogP) is 1.06. The van der Waals surface area contributed by atoms with E-state index in [0.29, 0.717) is 19.4 Å². The lowest BCUT2D eigenvalue weighted by Gasteiger charge is -2.18. The van der Waals surface area contributed by atoms with Crippen LogP contribution in [0.2, 0.25) is 0 Å². The van der Waals surface area contributed by atoms with Crippen molar-refractivity contribution in [2.45, 2.75) is 31.3 Å². The molecule has 8 nitrogen and oxygen atoms in total. The summed E-state index contributed by atoms with van der Waals surface area (Å²) < 4.78 is 0. The van der Waals surface area contributed by atoms with E-state index in [1.54, 1.807) is 0 Å². The van der Waals surface area contributed by atoms with Gasteiger partial charge in [0.05, 0.1) is 6.04 Å². The van der Waals surface area contributed by atoms with Crippen LogP contribution >= 0.6 is 0 Å². The number of nitrogens with two attached hydrogens (primary N) is 2. The third-order valence-electron chi connectivity index (χ3n) is 4.46. The van der Waals surface area contributed by atoms with Crippen molar-refractivity contribution in [2.24, 2.45) is 11.5 Å². The lowest BCUT2D eigenvalue weighted by Crippen LogP contribution is -2.49. The van der Waals surface area contributed by atoms with Crippen molar-refractivity contribution in [2.75, 3.05) is 6.54 Å². The van der Waals surface area contributed by atoms with E-state index < -0.39 is 24.0 Å². The largest absolute Gasteiger partial charge is 0.480 e. The van der Waals surface area contributed by atoms with Crippen molar-refractivity contribution in [1.29, 1.82) is 5.41 Å². The Kier molecular flexibility index (Phi) is 8.17. The van der Waals surface area contributed by atoms with Crippen LogP contribution in [0.5, 0.6) is 0 Å². The van der Waals surface area contributed by atoms with E-state index >= 15 is 0 Å². The SMILES string of the molecule is N=C(N)NCCC[C@H](N)C(=O)N[C@@H](Cc1ccc(-c2ccccc2)cc1)C(=O)O. The molecule has 29 heavy (non-hydrogen) atoms. The number of benzene rings is 2. The first-order chi connectivity index (χ1) is 13.9. The molecule has 154 valence electrons. The maximum atomic E-state index is 12.2. The van der Waals surface area contributed by atoms with E-state index in [0.717, 1.165) is 16.7 Å². The van der Waals surface area contributed by atoms with Gasteiger partial charge in [0.1, 0.15) is 6.04 Å². The normalized spacial score (nSPS) is 12.6. The second-order valence-corrected chi connectivity index (χ2v) is 6.76. The van der Waals surface area contributed by atoms with Gasteiger partial charge in [-0.3, -0.25) is 10.2 Å². The van der Waals surface area contributed by atoms with Crippen molar-refractivity contribution in [3.63, 3.8) is 0 Å². The molecule has 0 saturated heterocycles. The number of carboxylic acid groups (broad SMARTS) is 1. The third kappa shape index (κ3) is 7.27. The van der Waals surface area contributed by atoms with Gasteiger partial charge in [0.15, 0.2) is 5.96 Å². The average Bonchev–Trinajstić information content (AvgIpc) is 2.71. The molecule has 0 aromatic heterocycles. The molecule has 0 aliphatic heterocycles. The molecule has 0 saturated carbocycles. The second-order valence-electron chi connectivity index (χ2n) is 6.76. The number of rotatable bonds is 10. The molecule has 2 atom stereocenters. The average molecular weight is 397 g/mol. The minimum absolute atomic E-state index is 0.146. The van der Waals surface area contributed by atoms with Gasteiger partial charge in [0, 0.05) is 13.0 Å². The highest BCUT2D eigenvalue weighted by atomic mass is 16.4. The van der Waals surface area contributed by atoms with Gasteiger partial charge in [-0.05, 0) is 29.5 Å². The molecule has 0 aliphatic carbocycles. The lowest BCUT2D eigenvalue weighted by atomic mass is 10.0. The standard InChI is InChI=1S/C21H27N5O3/c22-17(7-4-12-25-21(23)24)19(27)26-18(20(28)29)13-14-8-10-16(11-9-14)15-5-2-1-3-6-15/h1-3,5-6,8-11,17-18H,4,7,12-13,22H2,(H,26,27)(H,28,29)(H4,23,24,25)/t17-,18-/m0/s1. The molecule has 0 bridgehead atoms. The zero-order valence-corrected chi connectivity index (χ0v) is 16.1. The quantitative estimate of drug-likeness (QED) is 0.200. The third-order valence-corrected chi connectivity index (χ3v) is 4.46. The molecule has 0 fully saturated rings. The first kappa shape index (κ1) is 21.9. The highest BCUT2D eigenvalue weighted by Gasteiger charge is 2.23. The van der Waals surface area contributed by atoms with Crippen molar-refractivity contribution < 1.29 is 14.7 Å². The Morgan fingerprint density at radius 3 is 2.24 bits per heavy atom. The van der Waals surface area contributed by atoms with Crippen LogP contribution in [0.15, 0.2) is 54.6 Å². The molecule has 0 radical (unpaired) electrons. The zero-order chi connectivity index (χ0) is 21.2.